The highest BCUT2D eigenvalue weighted by Crippen LogP contribution is 2.12. The van der Waals surface area contributed by atoms with Crippen molar-refractivity contribution in [3.05, 3.63) is 146 Å². The van der Waals surface area contributed by atoms with Gasteiger partial charge in [0.05, 0.1) is 0 Å². The van der Waals surface area contributed by atoms with E-state index in [1.165, 1.54) is 44.9 Å². The summed E-state index contributed by atoms with van der Waals surface area (Å²) < 4.78 is 16.8. The van der Waals surface area contributed by atoms with Crippen LogP contribution in [0.15, 0.2) is 146 Å². The maximum absolute atomic E-state index is 12.9. The first-order valence-electron chi connectivity index (χ1n) is 28.3. The molecular weight excluding hydrogens is 877 g/mol. The van der Waals surface area contributed by atoms with E-state index in [0.717, 1.165) is 135 Å². The fraction of sp³-hybridized carbons (Fsp3) is 0.585. The lowest BCUT2D eigenvalue weighted by Gasteiger charge is -2.18. The SMILES string of the molecule is CC/C=C\C/C=C\C/C=C\C/C=C\C/C=C\CCCCCC(=O)OC[C@H](COC(=O)CCC/C=C\C/C=C\C/C=C\CCCCCCCC)OC(=O)CCCCCC/C=C\C/C=C\C/C=C\C/C=C\CC. The largest absolute Gasteiger partial charge is 0.462 e. The third-order valence-corrected chi connectivity index (χ3v) is 11.3. The topological polar surface area (TPSA) is 78.9 Å². The van der Waals surface area contributed by atoms with Gasteiger partial charge in [0.1, 0.15) is 13.2 Å². The van der Waals surface area contributed by atoms with Crippen molar-refractivity contribution in [2.75, 3.05) is 13.2 Å². The van der Waals surface area contributed by atoms with E-state index in [0.29, 0.717) is 12.8 Å². The molecule has 0 aliphatic rings. The summed E-state index contributed by atoms with van der Waals surface area (Å²) in [6, 6.07) is 0. The van der Waals surface area contributed by atoms with Crippen molar-refractivity contribution in [1.29, 1.82) is 0 Å². The predicted octanol–water partition coefficient (Wildman–Crippen LogP) is 19.2. The van der Waals surface area contributed by atoms with E-state index >= 15 is 0 Å². The van der Waals surface area contributed by atoms with Crippen LogP contribution >= 0.6 is 0 Å². The molecular formula is C65H102O6. The maximum Gasteiger partial charge on any atom is 0.306 e. The zero-order valence-electron chi connectivity index (χ0n) is 45.4. The summed E-state index contributed by atoms with van der Waals surface area (Å²) in [4.78, 5) is 38.1. The zero-order chi connectivity index (χ0) is 51.4. The molecule has 0 radical (unpaired) electrons. The van der Waals surface area contributed by atoms with Gasteiger partial charge in [-0.25, -0.2) is 0 Å². The van der Waals surface area contributed by atoms with Crippen LogP contribution in [0, 0.1) is 0 Å². The molecule has 0 rings (SSSR count). The smallest absolute Gasteiger partial charge is 0.306 e. The second kappa shape index (κ2) is 57.9. The molecule has 0 aliphatic carbocycles. The Morgan fingerprint density at radius 1 is 0.296 bits per heavy atom. The summed E-state index contributed by atoms with van der Waals surface area (Å²) in [7, 11) is 0. The van der Waals surface area contributed by atoms with E-state index in [4.69, 9.17) is 14.2 Å². The first-order valence-corrected chi connectivity index (χ1v) is 28.3. The molecule has 0 aromatic heterocycles. The van der Waals surface area contributed by atoms with Crippen molar-refractivity contribution in [3.63, 3.8) is 0 Å². The highest BCUT2D eigenvalue weighted by molar-refractivity contribution is 5.71. The third-order valence-electron chi connectivity index (χ3n) is 11.3. The Labute approximate surface area is 436 Å². The van der Waals surface area contributed by atoms with Crippen LogP contribution in [-0.2, 0) is 28.6 Å². The number of hydrogen-bond donors (Lipinski definition) is 0. The van der Waals surface area contributed by atoms with Crippen LogP contribution in [0.2, 0.25) is 0 Å². The average Bonchev–Trinajstić information content (AvgIpc) is 3.37. The summed E-state index contributed by atoms with van der Waals surface area (Å²) >= 11 is 0. The molecule has 6 nitrogen and oxygen atoms in total. The van der Waals surface area contributed by atoms with Gasteiger partial charge in [-0.05, 0) is 135 Å². The molecule has 0 fully saturated rings. The number of unbranched alkanes of at least 4 members (excludes halogenated alkanes) is 14. The molecule has 0 spiro atoms. The van der Waals surface area contributed by atoms with Gasteiger partial charge in [0, 0.05) is 19.3 Å². The summed E-state index contributed by atoms with van der Waals surface area (Å²) in [5.74, 6) is -1.04. The van der Waals surface area contributed by atoms with E-state index in [2.05, 4.69) is 167 Å². The summed E-state index contributed by atoms with van der Waals surface area (Å²) in [5, 5.41) is 0. The Balaban J connectivity index is 4.60. The van der Waals surface area contributed by atoms with Crippen LogP contribution in [0.25, 0.3) is 0 Å². The van der Waals surface area contributed by atoms with Crippen molar-refractivity contribution in [3.8, 4) is 0 Å². The Hall–Kier alpha value is -4.71. The van der Waals surface area contributed by atoms with Crippen molar-refractivity contribution in [2.24, 2.45) is 0 Å². The van der Waals surface area contributed by atoms with Gasteiger partial charge in [-0.1, -0.05) is 218 Å². The monoisotopic (exact) mass is 979 g/mol. The standard InChI is InChI=1S/C65H102O6/c1-4-7-10-13-16-19-22-25-28-31-32-35-37-40-43-46-49-52-55-58-64(67)70-61-62(71-65(68)59-56-53-50-47-44-41-38-34-30-27-24-21-18-15-12-9-6-3)60-69-63(66)57-54-51-48-45-42-39-36-33-29-26-23-20-17-14-11-8-5-2/h7,9-10,12,16,18-19,21,25-30,32,35-36,38-41,43,45,48,62H,4-6,8,11,13-15,17,20,22-24,31,33-34,37,42,44,46-47,49-61H2,1-3H3/b10-7-,12-9-,19-16-,21-18-,28-25-,29-26-,30-27-,35-32-,39-36-,41-38-,43-40-,48-45-/t62-/m0/s1. The predicted molar refractivity (Wildman–Crippen MR) is 306 cm³/mol. The lowest BCUT2D eigenvalue weighted by atomic mass is 10.1. The Morgan fingerprint density at radius 2 is 0.563 bits per heavy atom. The van der Waals surface area contributed by atoms with Gasteiger partial charge < -0.3 is 14.2 Å². The van der Waals surface area contributed by atoms with Gasteiger partial charge in [0.2, 0.25) is 0 Å². The van der Waals surface area contributed by atoms with E-state index in [9.17, 15) is 14.4 Å². The summed E-state index contributed by atoms with van der Waals surface area (Å²) in [6.45, 7) is 6.30. The number of ether oxygens (including phenoxy) is 3. The minimum absolute atomic E-state index is 0.127. The lowest BCUT2D eigenvalue weighted by molar-refractivity contribution is -0.167. The van der Waals surface area contributed by atoms with E-state index in [-0.39, 0.29) is 44.0 Å². The molecule has 0 heterocycles. The van der Waals surface area contributed by atoms with Crippen LogP contribution < -0.4 is 0 Å². The zero-order valence-corrected chi connectivity index (χ0v) is 45.4. The normalized spacial score (nSPS) is 13.2. The molecule has 1 atom stereocenters. The van der Waals surface area contributed by atoms with E-state index in [1.807, 2.05) is 0 Å². The average molecular weight is 980 g/mol. The number of carbonyl (C=O) groups is 3. The minimum Gasteiger partial charge on any atom is -0.462 e. The van der Waals surface area contributed by atoms with Crippen LogP contribution in [-0.4, -0.2) is 37.2 Å². The molecule has 71 heavy (non-hydrogen) atoms. The molecule has 0 saturated heterocycles. The molecule has 398 valence electrons. The van der Waals surface area contributed by atoms with Crippen LogP contribution in [0.4, 0.5) is 0 Å². The molecule has 0 aliphatic heterocycles. The van der Waals surface area contributed by atoms with Crippen molar-refractivity contribution in [1.82, 2.24) is 0 Å². The maximum atomic E-state index is 12.9. The van der Waals surface area contributed by atoms with Crippen molar-refractivity contribution >= 4 is 17.9 Å². The number of hydrogen-bond acceptors (Lipinski definition) is 6. The lowest BCUT2D eigenvalue weighted by Crippen LogP contribution is -2.30. The molecule has 0 saturated carbocycles. The molecule has 0 aromatic carbocycles. The first-order chi connectivity index (χ1) is 35.0. The molecule has 0 unspecified atom stereocenters. The van der Waals surface area contributed by atoms with Crippen LogP contribution in [0.5, 0.6) is 0 Å². The Morgan fingerprint density at radius 3 is 0.930 bits per heavy atom. The van der Waals surface area contributed by atoms with Gasteiger partial charge in [-0.3, -0.25) is 14.4 Å². The highest BCUT2D eigenvalue weighted by atomic mass is 16.6. The number of esters is 3. The van der Waals surface area contributed by atoms with Crippen LogP contribution in [0.3, 0.4) is 0 Å². The number of rotatable bonds is 49. The minimum atomic E-state index is -0.832. The fourth-order valence-corrected chi connectivity index (χ4v) is 7.12. The molecule has 0 N–H and O–H groups in total. The van der Waals surface area contributed by atoms with Gasteiger partial charge in [0.15, 0.2) is 6.10 Å². The van der Waals surface area contributed by atoms with Crippen molar-refractivity contribution in [2.45, 2.75) is 232 Å². The summed E-state index contributed by atoms with van der Waals surface area (Å²) in [6.07, 6.45) is 82.7. The fourth-order valence-electron chi connectivity index (χ4n) is 7.12. The number of carbonyl (C=O) groups excluding carboxylic acids is 3. The van der Waals surface area contributed by atoms with E-state index < -0.39 is 6.10 Å². The Kier molecular flexibility index (Phi) is 54.0. The van der Waals surface area contributed by atoms with Gasteiger partial charge in [-0.15, -0.1) is 0 Å². The highest BCUT2D eigenvalue weighted by Gasteiger charge is 2.19. The second-order valence-electron chi connectivity index (χ2n) is 18.1. The quantitative estimate of drug-likeness (QED) is 0.0262. The molecule has 0 aromatic rings. The molecule has 6 heteroatoms. The van der Waals surface area contributed by atoms with Crippen LogP contribution in [0.1, 0.15) is 226 Å². The molecule has 0 bridgehead atoms. The number of allylic oxidation sites excluding steroid dienone is 24. The van der Waals surface area contributed by atoms with Gasteiger partial charge in [0.25, 0.3) is 0 Å². The second-order valence-corrected chi connectivity index (χ2v) is 18.1. The Bertz CT molecular complexity index is 1590. The molecule has 0 amide bonds. The summed E-state index contributed by atoms with van der Waals surface area (Å²) in [5.41, 5.74) is 0. The first kappa shape index (κ1) is 66.3. The van der Waals surface area contributed by atoms with Gasteiger partial charge >= 0.3 is 17.9 Å². The van der Waals surface area contributed by atoms with E-state index in [1.54, 1.807) is 0 Å². The van der Waals surface area contributed by atoms with Gasteiger partial charge in [-0.2, -0.15) is 0 Å². The third kappa shape index (κ3) is 56.1. The van der Waals surface area contributed by atoms with Crippen molar-refractivity contribution < 1.29 is 28.6 Å².